The highest BCUT2D eigenvalue weighted by Gasteiger charge is 2.91. The molecule has 0 radical (unpaired) electrons. The van der Waals surface area contributed by atoms with E-state index in [1.807, 2.05) is 0 Å². The van der Waals surface area contributed by atoms with Crippen molar-refractivity contribution in [2.75, 3.05) is 4.90 Å². The lowest BCUT2D eigenvalue weighted by molar-refractivity contribution is -0.479. The molecule has 1 aliphatic heterocycles. The summed E-state index contributed by atoms with van der Waals surface area (Å²) in [5.74, 6) is -83.5. The molecular formula is C37H34F25N2+. The summed E-state index contributed by atoms with van der Waals surface area (Å²) in [5.41, 5.74) is 0.100. The Kier molecular flexibility index (Phi) is 13.8. The second-order valence-electron chi connectivity index (χ2n) is 15.5. The average Bonchev–Trinajstić information content (AvgIpc) is 3.44. The third kappa shape index (κ3) is 8.21. The van der Waals surface area contributed by atoms with E-state index in [9.17, 15) is 92.2 Å². The Labute approximate surface area is 346 Å². The van der Waals surface area contributed by atoms with Gasteiger partial charge in [-0.25, -0.2) is 9.48 Å². The molecule has 2 aromatic carbocycles. The molecule has 2 nitrogen and oxygen atoms in total. The van der Waals surface area contributed by atoms with Gasteiger partial charge in [-0.05, 0) is 69.7 Å². The number of benzene rings is 2. The van der Waals surface area contributed by atoms with E-state index in [1.54, 1.807) is 0 Å². The molecule has 1 aliphatic rings. The van der Waals surface area contributed by atoms with Gasteiger partial charge in [0, 0.05) is 19.8 Å². The molecule has 0 aliphatic carbocycles. The molecule has 3 rings (SSSR count). The fourth-order valence-corrected chi connectivity index (χ4v) is 7.25. The van der Waals surface area contributed by atoms with Crippen LogP contribution in [0.15, 0.2) is 30.3 Å². The number of alkyl halides is 25. The quantitative estimate of drug-likeness (QED) is 0.113. The number of aryl methyl sites for hydroxylation is 5. The molecule has 0 amide bonds. The van der Waals surface area contributed by atoms with Crippen molar-refractivity contribution < 1.29 is 114 Å². The Bertz CT molecular complexity index is 2020. The van der Waals surface area contributed by atoms with Crippen molar-refractivity contribution in [3.05, 3.63) is 58.1 Å². The highest BCUT2D eigenvalue weighted by atomic mass is 19.4. The predicted molar refractivity (Wildman–Crippen MR) is 177 cm³/mol. The zero-order chi connectivity index (χ0) is 50.4. The molecule has 0 aromatic heterocycles. The molecule has 64 heavy (non-hydrogen) atoms. The van der Waals surface area contributed by atoms with E-state index >= 15 is 17.6 Å². The van der Waals surface area contributed by atoms with Gasteiger partial charge >= 0.3 is 71.3 Å². The van der Waals surface area contributed by atoms with Crippen molar-refractivity contribution >= 4 is 17.7 Å². The summed E-state index contributed by atoms with van der Waals surface area (Å²) in [7, 11) is 0. The minimum absolute atomic E-state index is 0.0366. The van der Waals surface area contributed by atoms with Crippen molar-refractivity contribution in [3.63, 3.8) is 0 Å². The largest absolute Gasteiger partial charge is 0.460 e. The molecule has 366 valence electrons. The Hall–Kier alpha value is -3.84. The Balaban J connectivity index is 2.31. The van der Waals surface area contributed by atoms with Gasteiger partial charge in [0.05, 0.1) is 0 Å². The second-order valence-corrected chi connectivity index (χ2v) is 15.5. The van der Waals surface area contributed by atoms with Gasteiger partial charge in [-0.3, -0.25) is 0 Å². The molecular weight excluding hydrogens is 947 g/mol. The third-order valence-electron chi connectivity index (χ3n) is 10.7. The fraction of sp³-hybridized carbons (Fsp3) is 0.649. The van der Waals surface area contributed by atoms with E-state index in [0.717, 1.165) is 6.34 Å². The molecule has 0 bridgehead atoms. The van der Waals surface area contributed by atoms with Crippen molar-refractivity contribution in [3.8, 4) is 0 Å². The maximum atomic E-state index is 15.4. The first-order valence-corrected chi connectivity index (χ1v) is 18.0. The van der Waals surface area contributed by atoms with Crippen molar-refractivity contribution in [2.24, 2.45) is 0 Å². The summed E-state index contributed by atoms with van der Waals surface area (Å²) in [6, 6.07) is 1.60. The van der Waals surface area contributed by atoms with Gasteiger partial charge in [-0.15, -0.1) is 0 Å². The maximum absolute atomic E-state index is 15.4. The standard InChI is InChI=1S/C37H34F25N2/c1-17-14-20(4)25(21(5)15-17)64-16-63(24-18(2)8-7-9-19(24)3)22(10-12-27(40,41)30(46,47)33(52,53)32(50,51)29(44,45)26(6,38)39)23(64)11-13-28(42,43)31(48,49)34(54,55)35(56,57)36(58,59)37(60,61)62/h7-9,14-16,22-23H,10-13H2,1-6H3/q+1/t22-,23-/m1/s1. The summed E-state index contributed by atoms with van der Waals surface area (Å²) in [5, 5.41) is 0. The number of halogens is 25. The zero-order valence-corrected chi connectivity index (χ0v) is 33.3. The lowest BCUT2D eigenvalue weighted by atomic mass is 9.86. The first kappa shape index (κ1) is 54.5. The molecule has 0 N–H and O–H groups in total. The number of hydrogen-bond acceptors (Lipinski definition) is 1. The Morgan fingerprint density at radius 2 is 0.828 bits per heavy atom. The SMILES string of the molecule is Cc1cc(C)c(N2C=[N+](c3c(C)cccc3C)[C@H](CCC(F)(F)C(F)(F)C(F)(F)C(F)(F)C(F)(F)C(C)(F)F)[C@H]2CCC(F)(F)C(F)(F)C(F)(F)C(F)(F)C(F)(F)C(F)(F)F)c(C)c1. The van der Waals surface area contributed by atoms with Gasteiger partial charge in [0.2, 0.25) is 6.34 Å². The topological polar surface area (TPSA) is 6.25 Å². The van der Waals surface area contributed by atoms with E-state index in [4.69, 9.17) is 0 Å². The minimum Gasteiger partial charge on any atom is -0.226 e. The lowest BCUT2D eigenvalue weighted by Crippen LogP contribution is -2.70. The van der Waals surface area contributed by atoms with Gasteiger partial charge in [0.25, 0.3) is 0 Å². The van der Waals surface area contributed by atoms with Crippen LogP contribution in [0.4, 0.5) is 121 Å². The summed E-state index contributed by atoms with van der Waals surface area (Å²) < 4.78 is 356. The fourth-order valence-electron chi connectivity index (χ4n) is 7.25. The summed E-state index contributed by atoms with van der Waals surface area (Å²) >= 11 is 0. The summed E-state index contributed by atoms with van der Waals surface area (Å²) in [6.45, 7) is 5.28. The predicted octanol–water partition coefficient (Wildman–Crippen LogP) is 14.3. The van der Waals surface area contributed by atoms with Gasteiger partial charge in [0.15, 0.2) is 0 Å². The first-order valence-electron chi connectivity index (χ1n) is 18.0. The second kappa shape index (κ2) is 16.2. The van der Waals surface area contributed by atoms with Crippen LogP contribution in [0.2, 0.25) is 0 Å². The molecule has 2 atom stereocenters. The summed E-state index contributed by atoms with van der Waals surface area (Å²) in [6.07, 6.45) is -16.9. The number of para-hydroxylation sites is 1. The summed E-state index contributed by atoms with van der Waals surface area (Å²) in [4.78, 5) is 0.697. The van der Waals surface area contributed by atoms with Crippen LogP contribution < -0.4 is 4.90 Å². The van der Waals surface area contributed by atoms with Crippen LogP contribution in [0.3, 0.4) is 0 Å². The third-order valence-corrected chi connectivity index (χ3v) is 10.7. The molecule has 0 unspecified atom stereocenters. The van der Waals surface area contributed by atoms with Crippen molar-refractivity contribution in [1.82, 2.24) is 0 Å². The number of nitrogens with zero attached hydrogens (tertiary/aromatic N) is 2. The minimum atomic E-state index is -8.32. The van der Waals surface area contributed by atoms with E-state index in [2.05, 4.69) is 0 Å². The molecule has 0 fully saturated rings. The van der Waals surface area contributed by atoms with Gasteiger partial charge in [-0.2, -0.15) is 110 Å². The van der Waals surface area contributed by atoms with Crippen molar-refractivity contribution in [2.45, 2.75) is 151 Å². The van der Waals surface area contributed by atoms with Crippen LogP contribution in [0.25, 0.3) is 0 Å². The average molecular weight is 982 g/mol. The van der Waals surface area contributed by atoms with Crippen LogP contribution in [0, 0.1) is 34.6 Å². The molecule has 2 aromatic rings. The maximum Gasteiger partial charge on any atom is 0.460 e. The van der Waals surface area contributed by atoms with Crippen LogP contribution in [-0.4, -0.2) is 94.3 Å². The van der Waals surface area contributed by atoms with Gasteiger partial charge in [0.1, 0.15) is 23.5 Å². The van der Waals surface area contributed by atoms with E-state index < -0.39 is 116 Å². The zero-order valence-electron chi connectivity index (χ0n) is 33.3. The highest BCUT2D eigenvalue weighted by molar-refractivity contribution is 5.83. The Morgan fingerprint density at radius 1 is 0.469 bits per heavy atom. The van der Waals surface area contributed by atoms with Crippen LogP contribution >= 0.6 is 0 Å². The van der Waals surface area contributed by atoms with Gasteiger partial charge < -0.3 is 0 Å². The lowest BCUT2D eigenvalue weighted by Gasteiger charge is -2.41. The van der Waals surface area contributed by atoms with Crippen LogP contribution in [0.5, 0.6) is 0 Å². The van der Waals surface area contributed by atoms with Crippen molar-refractivity contribution in [1.29, 1.82) is 0 Å². The van der Waals surface area contributed by atoms with E-state index in [-0.39, 0.29) is 33.6 Å². The van der Waals surface area contributed by atoms with E-state index in [1.165, 1.54) is 65.0 Å². The first-order chi connectivity index (χ1) is 28.2. The molecule has 0 spiro atoms. The highest BCUT2D eigenvalue weighted by Crippen LogP contribution is 2.63. The molecule has 1 heterocycles. The Morgan fingerprint density at radius 3 is 1.20 bits per heavy atom. The van der Waals surface area contributed by atoms with Crippen LogP contribution in [-0.2, 0) is 0 Å². The molecule has 27 heteroatoms. The normalized spacial score (nSPS) is 18.5. The molecule has 0 saturated carbocycles. The van der Waals surface area contributed by atoms with Gasteiger partial charge in [-0.1, -0.05) is 35.9 Å². The van der Waals surface area contributed by atoms with Crippen LogP contribution in [0.1, 0.15) is 60.4 Å². The monoisotopic (exact) mass is 981 g/mol. The molecule has 0 saturated heterocycles. The number of hydrogen-bond donors (Lipinski definition) is 0. The number of anilines is 1. The van der Waals surface area contributed by atoms with E-state index in [0.29, 0.717) is 15.0 Å². The number of rotatable bonds is 17. The smallest absolute Gasteiger partial charge is 0.226 e.